The van der Waals surface area contributed by atoms with E-state index in [4.69, 9.17) is 0 Å². The number of likely N-dealkylation sites (N-methyl/N-ethyl adjacent to an activating group) is 1. The summed E-state index contributed by atoms with van der Waals surface area (Å²) in [5, 5.41) is -7.58. The molecule has 0 N–H and O–H groups in total. The fraction of sp³-hybridized carbons (Fsp3) is 1.00. The summed E-state index contributed by atoms with van der Waals surface area (Å²) in [5.74, 6) is -51.7. The van der Waals surface area contributed by atoms with Crippen LogP contribution in [0.25, 0.3) is 0 Å². The van der Waals surface area contributed by atoms with Crippen LogP contribution in [0.15, 0.2) is 0 Å². The SMILES string of the molecule is CCN(CCOCCOC)S(=O)(=O)C(F)(F)C(F)(F)C(F)(F)C(F)(F)C(F)(F)C(F)(F)C(F)(F)C(F)(F)F. The van der Waals surface area contributed by atoms with Gasteiger partial charge in [-0.25, -0.2) is 8.42 Å². The Morgan fingerprint density at radius 3 is 1.29 bits per heavy atom. The molecule has 0 heterocycles. The van der Waals surface area contributed by atoms with Crippen molar-refractivity contribution >= 4 is 10.0 Å². The van der Waals surface area contributed by atoms with Crippen LogP contribution in [0.3, 0.4) is 0 Å². The van der Waals surface area contributed by atoms with E-state index in [0.29, 0.717) is 6.92 Å². The first kappa shape index (κ1) is 36.6. The second-order valence-corrected chi connectivity index (χ2v) is 9.04. The van der Waals surface area contributed by atoms with Crippen molar-refractivity contribution in [3.05, 3.63) is 0 Å². The van der Waals surface area contributed by atoms with Crippen molar-refractivity contribution in [3.63, 3.8) is 0 Å². The molecule has 0 amide bonds. The number of hydrogen-bond donors (Lipinski definition) is 0. The summed E-state index contributed by atoms with van der Waals surface area (Å²) in [5.41, 5.74) is 0. The third-order valence-electron chi connectivity index (χ3n) is 4.63. The van der Waals surface area contributed by atoms with Crippen LogP contribution in [0.4, 0.5) is 74.6 Å². The Hall–Kier alpha value is -1.36. The summed E-state index contributed by atoms with van der Waals surface area (Å²) in [6.07, 6.45) is -7.88. The highest BCUT2D eigenvalue weighted by molar-refractivity contribution is 7.90. The lowest BCUT2D eigenvalue weighted by atomic mass is 9.91. The monoisotopic (exact) mass is 629 g/mol. The van der Waals surface area contributed by atoms with Crippen LogP contribution in [0, 0.1) is 0 Å². The molecule has 0 radical (unpaired) electrons. The molecule has 38 heavy (non-hydrogen) atoms. The largest absolute Gasteiger partial charge is 0.460 e. The van der Waals surface area contributed by atoms with Crippen LogP contribution in [0.2, 0.25) is 0 Å². The Kier molecular flexibility index (Phi) is 10.5. The predicted molar refractivity (Wildman–Crippen MR) is 89.5 cm³/mol. The third kappa shape index (κ3) is 5.34. The minimum atomic E-state index is -8.86. The quantitative estimate of drug-likeness (QED) is 0.183. The topological polar surface area (TPSA) is 55.8 Å². The van der Waals surface area contributed by atoms with Crippen LogP contribution in [0.1, 0.15) is 6.92 Å². The molecule has 0 spiro atoms. The first-order valence-corrected chi connectivity index (χ1v) is 10.7. The summed E-state index contributed by atoms with van der Waals surface area (Å²) in [7, 11) is -6.19. The molecule has 230 valence electrons. The van der Waals surface area contributed by atoms with Gasteiger partial charge in [-0.05, 0) is 0 Å². The average Bonchev–Trinajstić information content (AvgIpc) is 2.74. The Bertz CT molecular complexity index is 904. The maximum absolute atomic E-state index is 14.2. The number of sulfonamides is 1. The molecule has 0 atom stereocenters. The summed E-state index contributed by atoms with van der Waals surface area (Å²) < 4.78 is 258. The van der Waals surface area contributed by atoms with Crippen molar-refractivity contribution in [2.45, 2.75) is 53.9 Å². The van der Waals surface area contributed by atoms with Crippen LogP contribution in [-0.2, 0) is 19.5 Å². The van der Waals surface area contributed by atoms with Crippen LogP contribution >= 0.6 is 0 Å². The molecule has 0 rings (SSSR count). The van der Waals surface area contributed by atoms with Crippen molar-refractivity contribution in [1.82, 2.24) is 4.31 Å². The second-order valence-electron chi connectivity index (χ2n) is 7.06. The van der Waals surface area contributed by atoms with Crippen molar-refractivity contribution in [1.29, 1.82) is 0 Å². The Morgan fingerprint density at radius 2 is 0.947 bits per heavy atom. The van der Waals surface area contributed by atoms with E-state index < -0.39 is 87.6 Å². The first-order valence-electron chi connectivity index (χ1n) is 9.30. The molecule has 5 nitrogen and oxygen atoms in total. The lowest BCUT2D eigenvalue weighted by Gasteiger charge is -2.43. The molecular weight excluding hydrogens is 613 g/mol. The van der Waals surface area contributed by atoms with Crippen molar-refractivity contribution in [2.24, 2.45) is 0 Å². The van der Waals surface area contributed by atoms with E-state index in [-0.39, 0.29) is 6.61 Å². The van der Waals surface area contributed by atoms with E-state index in [9.17, 15) is 83.1 Å². The molecule has 0 bridgehead atoms. The van der Waals surface area contributed by atoms with Gasteiger partial charge in [-0.15, -0.1) is 0 Å². The lowest BCUT2D eigenvalue weighted by Crippen LogP contribution is -2.75. The summed E-state index contributed by atoms with van der Waals surface area (Å²) in [6.45, 7) is -3.71. The standard InChI is InChI=1S/C15H16F17NO4S/c1-3-33(4-5-37-7-6-36-2)38(34,35)15(31,32)13(26,27)11(22,23)9(18,19)8(16,17)10(20,21)12(24,25)14(28,29)30/h3-7H2,1-2H3. The van der Waals surface area contributed by atoms with E-state index in [1.165, 1.54) is 0 Å². The number of methoxy groups -OCH3 is 1. The molecule has 23 heteroatoms. The third-order valence-corrected chi connectivity index (χ3v) is 6.65. The molecule has 0 aliphatic heterocycles. The molecule has 0 saturated heterocycles. The van der Waals surface area contributed by atoms with Crippen LogP contribution in [-0.4, -0.2) is 99.7 Å². The molecule has 0 aromatic rings. The van der Waals surface area contributed by atoms with E-state index >= 15 is 0 Å². The van der Waals surface area contributed by atoms with E-state index in [2.05, 4.69) is 9.47 Å². The van der Waals surface area contributed by atoms with Crippen molar-refractivity contribution < 1.29 is 92.5 Å². The van der Waals surface area contributed by atoms with Gasteiger partial charge < -0.3 is 9.47 Å². The van der Waals surface area contributed by atoms with Gasteiger partial charge in [0.2, 0.25) is 0 Å². The molecule has 0 saturated carbocycles. The highest BCUT2D eigenvalue weighted by Gasteiger charge is 2.96. The number of halogens is 17. The van der Waals surface area contributed by atoms with Gasteiger partial charge in [0.15, 0.2) is 0 Å². The van der Waals surface area contributed by atoms with Gasteiger partial charge in [-0.2, -0.15) is 78.9 Å². The van der Waals surface area contributed by atoms with Crippen molar-refractivity contribution in [2.75, 3.05) is 40.0 Å². The molecule has 0 aliphatic rings. The van der Waals surface area contributed by atoms with Gasteiger partial charge in [-0.3, -0.25) is 0 Å². The number of ether oxygens (including phenoxy) is 2. The maximum atomic E-state index is 14.2. The minimum absolute atomic E-state index is 0.208. The summed E-state index contributed by atoms with van der Waals surface area (Å²) in [6, 6.07) is 0. The van der Waals surface area contributed by atoms with Crippen LogP contribution < -0.4 is 0 Å². The highest BCUT2D eigenvalue weighted by atomic mass is 32.2. The van der Waals surface area contributed by atoms with E-state index in [1.54, 1.807) is 0 Å². The van der Waals surface area contributed by atoms with Gasteiger partial charge in [0.1, 0.15) is 0 Å². The number of alkyl halides is 17. The number of nitrogens with zero attached hydrogens (tertiary/aromatic N) is 1. The average molecular weight is 629 g/mol. The highest BCUT2D eigenvalue weighted by Crippen LogP contribution is 2.64. The van der Waals surface area contributed by atoms with Crippen LogP contribution in [0.5, 0.6) is 0 Å². The molecule has 0 aromatic carbocycles. The van der Waals surface area contributed by atoms with Gasteiger partial charge in [0.25, 0.3) is 10.0 Å². The van der Waals surface area contributed by atoms with Gasteiger partial charge in [0, 0.05) is 20.2 Å². The van der Waals surface area contributed by atoms with Gasteiger partial charge >= 0.3 is 47.0 Å². The fourth-order valence-corrected chi connectivity index (χ4v) is 3.76. The first-order chi connectivity index (χ1) is 16.5. The lowest BCUT2D eigenvalue weighted by molar-refractivity contribution is -0.458. The zero-order chi connectivity index (χ0) is 31.0. The minimum Gasteiger partial charge on any atom is -0.382 e. The molecule has 0 fully saturated rings. The van der Waals surface area contributed by atoms with Gasteiger partial charge in [0.05, 0.1) is 19.8 Å². The number of rotatable bonds is 15. The van der Waals surface area contributed by atoms with E-state index in [0.717, 1.165) is 7.11 Å². The molecule has 0 unspecified atom stereocenters. The Labute approximate surface area is 201 Å². The predicted octanol–water partition coefficient (Wildman–Crippen LogP) is 5.27. The fourth-order valence-electron chi connectivity index (χ4n) is 2.33. The maximum Gasteiger partial charge on any atom is 0.460 e. The number of hydrogen-bond acceptors (Lipinski definition) is 4. The summed E-state index contributed by atoms with van der Waals surface area (Å²) >= 11 is 0. The summed E-state index contributed by atoms with van der Waals surface area (Å²) in [4.78, 5) is 0. The van der Waals surface area contributed by atoms with Gasteiger partial charge in [-0.1, -0.05) is 6.92 Å². The molecule has 0 aromatic heterocycles. The second kappa shape index (κ2) is 10.9. The molecule has 0 aliphatic carbocycles. The zero-order valence-corrected chi connectivity index (χ0v) is 19.3. The Balaban J connectivity index is 6.69. The Morgan fingerprint density at radius 1 is 0.579 bits per heavy atom. The normalized spacial score (nSPS) is 15.9. The molecular formula is C15H16F17NO4S. The van der Waals surface area contributed by atoms with E-state index in [1.807, 2.05) is 0 Å². The zero-order valence-electron chi connectivity index (χ0n) is 18.4. The smallest absolute Gasteiger partial charge is 0.382 e. The van der Waals surface area contributed by atoms with Crippen molar-refractivity contribution in [3.8, 4) is 0 Å².